The van der Waals surface area contributed by atoms with E-state index in [1.54, 1.807) is 22.8 Å². The van der Waals surface area contributed by atoms with Gasteiger partial charge in [0.25, 0.3) is 0 Å². The zero-order valence-corrected chi connectivity index (χ0v) is 8.43. The minimum atomic E-state index is 0.506. The van der Waals surface area contributed by atoms with Gasteiger partial charge in [-0.05, 0) is 14.0 Å². The summed E-state index contributed by atoms with van der Waals surface area (Å²) in [5, 5.41) is 8.12. The molecule has 1 unspecified atom stereocenters. The highest BCUT2D eigenvalue weighted by Crippen LogP contribution is 2.13. The minimum Gasteiger partial charge on any atom is -0.316 e. The molecule has 0 spiro atoms. The molecule has 12 heavy (non-hydrogen) atoms. The summed E-state index contributed by atoms with van der Waals surface area (Å²) in [5.74, 6) is 1.02. The van der Waals surface area contributed by atoms with Crippen molar-refractivity contribution in [3.8, 4) is 0 Å². The highest BCUT2D eigenvalue weighted by molar-refractivity contribution is 7.99. The fourth-order valence-electron chi connectivity index (χ4n) is 0.699. The van der Waals surface area contributed by atoms with Crippen molar-refractivity contribution in [2.45, 2.75) is 18.1 Å². The Morgan fingerprint density at radius 2 is 2.50 bits per heavy atom. The van der Waals surface area contributed by atoms with Gasteiger partial charge in [-0.3, -0.25) is 0 Å². The lowest BCUT2D eigenvalue weighted by Gasteiger charge is -2.07. The molecule has 0 bridgehead atoms. The van der Waals surface area contributed by atoms with Gasteiger partial charge in [-0.2, -0.15) is 5.10 Å². The smallest absolute Gasteiger partial charge is 0.185 e. The number of hydrogen-bond acceptors (Lipinski definition) is 4. The summed E-state index contributed by atoms with van der Waals surface area (Å²) in [5.41, 5.74) is 0. The van der Waals surface area contributed by atoms with Gasteiger partial charge >= 0.3 is 0 Å². The maximum Gasteiger partial charge on any atom is 0.185 e. The summed E-state index contributed by atoms with van der Waals surface area (Å²) in [6.45, 7) is 2.14. The SMILES string of the molecule is CNC(C)CSc1ncnn1C. The van der Waals surface area contributed by atoms with E-state index in [1.807, 2.05) is 14.1 Å². The summed E-state index contributed by atoms with van der Waals surface area (Å²) < 4.78 is 1.78. The standard InChI is InChI=1S/C7H14N4S/c1-6(8-2)4-12-7-9-5-10-11(7)3/h5-6,8H,4H2,1-3H3. The van der Waals surface area contributed by atoms with Crippen LogP contribution in [0.25, 0.3) is 0 Å². The highest BCUT2D eigenvalue weighted by atomic mass is 32.2. The number of aromatic nitrogens is 3. The summed E-state index contributed by atoms with van der Waals surface area (Å²) >= 11 is 1.71. The molecule has 0 saturated carbocycles. The van der Waals surface area contributed by atoms with Gasteiger partial charge in [0.1, 0.15) is 6.33 Å². The lowest BCUT2D eigenvalue weighted by atomic mass is 10.4. The van der Waals surface area contributed by atoms with Crippen molar-refractivity contribution in [2.75, 3.05) is 12.8 Å². The van der Waals surface area contributed by atoms with E-state index in [9.17, 15) is 0 Å². The molecule has 68 valence electrons. The molecule has 1 N–H and O–H groups in total. The molecule has 0 aliphatic carbocycles. The van der Waals surface area contributed by atoms with Gasteiger partial charge in [-0.1, -0.05) is 11.8 Å². The van der Waals surface area contributed by atoms with Gasteiger partial charge in [0, 0.05) is 18.8 Å². The maximum absolute atomic E-state index is 4.11. The Balaban J connectivity index is 2.38. The average Bonchev–Trinajstić information content (AvgIpc) is 2.47. The molecule has 0 saturated heterocycles. The van der Waals surface area contributed by atoms with E-state index in [-0.39, 0.29) is 0 Å². The third-order valence-electron chi connectivity index (χ3n) is 1.63. The third kappa shape index (κ3) is 2.49. The summed E-state index contributed by atoms with van der Waals surface area (Å²) in [6, 6.07) is 0.506. The molecule has 1 aromatic rings. The third-order valence-corrected chi connectivity index (χ3v) is 2.92. The van der Waals surface area contributed by atoms with Crippen LogP contribution in [0, 0.1) is 0 Å². The quantitative estimate of drug-likeness (QED) is 0.696. The van der Waals surface area contributed by atoms with Crippen LogP contribution >= 0.6 is 11.8 Å². The Bertz CT molecular complexity index is 235. The molecule has 0 aliphatic rings. The predicted octanol–water partition coefficient (Wildman–Crippen LogP) is 0.515. The Morgan fingerprint density at radius 3 is 3.00 bits per heavy atom. The Kier molecular flexibility index (Phi) is 3.55. The van der Waals surface area contributed by atoms with Crippen molar-refractivity contribution in [3.05, 3.63) is 6.33 Å². The van der Waals surface area contributed by atoms with Gasteiger partial charge in [-0.25, -0.2) is 9.67 Å². The predicted molar refractivity (Wildman–Crippen MR) is 50.2 cm³/mol. The van der Waals surface area contributed by atoms with E-state index < -0.39 is 0 Å². The number of nitrogens with zero attached hydrogens (tertiary/aromatic N) is 3. The summed E-state index contributed by atoms with van der Waals surface area (Å²) in [4.78, 5) is 4.11. The molecule has 1 aromatic heterocycles. The normalized spacial score (nSPS) is 13.2. The Hall–Kier alpha value is -0.550. The summed E-state index contributed by atoms with van der Waals surface area (Å²) in [7, 11) is 3.86. The molecule has 0 amide bonds. The lowest BCUT2D eigenvalue weighted by molar-refractivity contribution is 0.664. The second kappa shape index (κ2) is 4.47. The Labute approximate surface area is 76.8 Å². The van der Waals surface area contributed by atoms with Crippen molar-refractivity contribution < 1.29 is 0 Å². The van der Waals surface area contributed by atoms with Gasteiger partial charge in [0.2, 0.25) is 0 Å². The summed E-state index contributed by atoms with van der Waals surface area (Å²) in [6.07, 6.45) is 1.58. The molecule has 0 aliphatic heterocycles. The molecule has 0 fully saturated rings. The van der Waals surface area contributed by atoms with Crippen LogP contribution in [0.3, 0.4) is 0 Å². The first kappa shape index (κ1) is 9.54. The molecule has 0 radical (unpaired) electrons. The van der Waals surface area contributed by atoms with E-state index in [1.165, 1.54) is 0 Å². The van der Waals surface area contributed by atoms with E-state index in [0.717, 1.165) is 10.9 Å². The number of rotatable bonds is 4. The van der Waals surface area contributed by atoms with Crippen LogP contribution < -0.4 is 5.32 Å². The maximum atomic E-state index is 4.11. The van der Waals surface area contributed by atoms with E-state index in [2.05, 4.69) is 22.3 Å². The molecule has 1 rings (SSSR count). The van der Waals surface area contributed by atoms with Gasteiger partial charge in [0.15, 0.2) is 5.16 Å². The van der Waals surface area contributed by atoms with Crippen LogP contribution in [-0.4, -0.2) is 33.6 Å². The Morgan fingerprint density at radius 1 is 1.75 bits per heavy atom. The van der Waals surface area contributed by atoms with E-state index in [0.29, 0.717) is 6.04 Å². The highest BCUT2D eigenvalue weighted by Gasteiger charge is 2.03. The molecule has 5 heteroatoms. The number of nitrogens with one attached hydrogen (secondary N) is 1. The molecular formula is C7H14N4S. The van der Waals surface area contributed by atoms with Crippen molar-refractivity contribution >= 4 is 11.8 Å². The van der Waals surface area contributed by atoms with Crippen LogP contribution in [0.1, 0.15) is 6.92 Å². The first-order valence-corrected chi connectivity index (χ1v) is 4.86. The average molecular weight is 186 g/mol. The van der Waals surface area contributed by atoms with Crippen LogP contribution in [0.5, 0.6) is 0 Å². The second-order valence-electron chi connectivity index (χ2n) is 2.67. The largest absolute Gasteiger partial charge is 0.316 e. The molecule has 4 nitrogen and oxygen atoms in total. The van der Waals surface area contributed by atoms with E-state index >= 15 is 0 Å². The van der Waals surface area contributed by atoms with Crippen LogP contribution in [-0.2, 0) is 7.05 Å². The topological polar surface area (TPSA) is 42.7 Å². The zero-order chi connectivity index (χ0) is 8.97. The molecule has 0 aromatic carbocycles. The molecular weight excluding hydrogens is 172 g/mol. The van der Waals surface area contributed by atoms with E-state index in [4.69, 9.17) is 0 Å². The van der Waals surface area contributed by atoms with Gasteiger partial charge in [0.05, 0.1) is 0 Å². The van der Waals surface area contributed by atoms with Crippen LogP contribution in [0.4, 0.5) is 0 Å². The minimum absolute atomic E-state index is 0.506. The van der Waals surface area contributed by atoms with Crippen molar-refractivity contribution in [1.82, 2.24) is 20.1 Å². The number of hydrogen-bond donors (Lipinski definition) is 1. The van der Waals surface area contributed by atoms with Crippen LogP contribution in [0.15, 0.2) is 11.5 Å². The first-order valence-electron chi connectivity index (χ1n) is 3.88. The van der Waals surface area contributed by atoms with Gasteiger partial charge in [-0.15, -0.1) is 0 Å². The molecule has 1 heterocycles. The van der Waals surface area contributed by atoms with Gasteiger partial charge < -0.3 is 5.32 Å². The van der Waals surface area contributed by atoms with Crippen molar-refractivity contribution in [3.63, 3.8) is 0 Å². The van der Waals surface area contributed by atoms with Crippen molar-refractivity contribution in [1.29, 1.82) is 0 Å². The van der Waals surface area contributed by atoms with Crippen molar-refractivity contribution in [2.24, 2.45) is 7.05 Å². The van der Waals surface area contributed by atoms with Crippen LogP contribution in [0.2, 0.25) is 0 Å². The zero-order valence-electron chi connectivity index (χ0n) is 7.61. The first-order chi connectivity index (χ1) is 5.74. The second-order valence-corrected chi connectivity index (χ2v) is 3.65. The fourth-order valence-corrected chi connectivity index (χ4v) is 1.62. The lowest BCUT2D eigenvalue weighted by Crippen LogP contribution is -2.23. The molecule has 1 atom stereocenters. The monoisotopic (exact) mass is 186 g/mol. The number of aryl methyl sites for hydroxylation is 1. The fraction of sp³-hybridized carbons (Fsp3) is 0.714. The number of thioether (sulfide) groups is 1.